The number of hydrogen-bond donors (Lipinski definition) is 1. The summed E-state index contributed by atoms with van der Waals surface area (Å²) in [6.45, 7) is 1.95. The average molecular weight is 235 g/mol. The predicted molar refractivity (Wildman–Crippen MR) is 59.3 cm³/mol. The molecule has 2 heterocycles. The van der Waals surface area contributed by atoms with E-state index in [0.717, 1.165) is 5.69 Å². The van der Waals surface area contributed by atoms with Gasteiger partial charge < -0.3 is 0 Å². The number of nitriles is 1. The van der Waals surface area contributed by atoms with Crippen LogP contribution < -0.4 is 5.56 Å². The van der Waals surface area contributed by atoms with E-state index in [1.165, 1.54) is 17.8 Å². The fourth-order valence-electron chi connectivity index (χ4n) is 1.42. The summed E-state index contributed by atoms with van der Waals surface area (Å²) in [7, 11) is 0. The molecular formula is C9H9N5OS. The van der Waals surface area contributed by atoms with Gasteiger partial charge in [0.05, 0.1) is 11.8 Å². The van der Waals surface area contributed by atoms with Crippen molar-refractivity contribution in [1.82, 2.24) is 19.6 Å². The first-order valence-corrected chi connectivity index (χ1v) is 5.72. The highest BCUT2D eigenvalue weighted by molar-refractivity contribution is 7.99. The number of nitrogens with zero attached hydrogens (tertiary/aromatic N) is 4. The third-order valence-corrected chi connectivity index (χ3v) is 2.88. The second-order valence-corrected chi connectivity index (χ2v) is 4.01. The molecule has 82 valence electrons. The molecule has 0 unspecified atom stereocenters. The largest absolute Gasteiger partial charge is 0.291 e. The third kappa shape index (κ3) is 1.79. The molecule has 0 atom stereocenters. The zero-order chi connectivity index (χ0) is 11.5. The number of H-pyrrole nitrogens is 1. The summed E-state index contributed by atoms with van der Waals surface area (Å²) >= 11 is 1.30. The number of thioether (sulfide) groups is 1. The van der Waals surface area contributed by atoms with E-state index in [0.29, 0.717) is 23.1 Å². The van der Waals surface area contributed by atoms with E-state index in [-0.39, 0.29) is 5.56 Å². The van der Waals surface area contributed by atoms with Crippen LogP contribution in [0.15, 0.2) is 16.0 Å². The van der Waals surface area contributed by atoms with E-state index in [9.17, 15) is 4.79 Å². The van der Waals surface area contributed by atoms with E-state index < -0.39 is 0 Å². The van der Waals surface area contributed by atoms with Crippen LogP contribution >= 0.6 is 11.8 Å². The maximum Gasteiger partial charge on any atom is 0.252 e. The Labute approximate surface area is 95.3 Å². The Morgan fingerprint density at radius 1 is 1.62 bits per heavy atom. The molecular weight excluding hydrogens is 226 g/mol. The predicted octanol–water partition coefficient (Wildman–Crippen LogP) is 0.596. The third-order valence-electron chi connectivity index (χ3n) is 2.08. The van der Waals surface area contributed by atoms with Crippen LogP contribution in [0.3, 0.4) is 0 Å². The molecule has 0 aliphatic carbocycles. The summed E-state index contributed by atoms with van der Waals surface area (Å²) in [6, 6.07) is 3.55. The average Bonchev–Trinajstić information content (AvgIpc) is 2.68. The van der Waals surface area contributed by atoms with Gasteiger partial charge >= 0.3 is 0 Å². The molecule has 7 heteroatoms. The van der Waals surface area contributed by atoms with Gasteiger partial charge in [-0.3, -0.25) is 14.2 Å². The maximum absolute atomic E-state index is 11.3. The molecule has 0 radical (unpaired) electrons. The lowest BCUT2D eigenvalue weighted by Gasteiger charge is -2.02. The van der Waals surface area contributed by atoms with Crippen LogP contribution in [-0.4, -0.2) is 25.3 Å². The number of nitrogens with one attached hydrogen (secondary N) is 1. The second kappa shape index (κ2) is 4.37. The molecule has 0 amide bonds. The second-order valence-electron chi connectivity index (χ2n) is 3.07. The smallest absolute Gasteiger partial charge is 0.252 e. The zero-order valence-electron chi connectivity index (χ0n) is 8.60. The van der Waals surface area contributed by atoms with E-state index >= 15 is 0 Å². The Hall–Kier alpha value is -1.81. The van der Waals surface area contributed by atoms with Gasteiger partial charge in [-0.05, 0) is 6.42 Å². The standard InChI is InChI=1S/C9H9N5OS/c1-2-6-5-7(15)11-8-12-13-9(14(6)8)16-4-3-10/h5H,2,4H2,1H3,(H,11,12,15). The highest BCUT2D eigenvalue weighted by atomic mass is 32.2. The van der Waals surface area contributed by atoms with Crippen molar-refractivity contribution >= 4 is 17.5 Å². The Morgan fingerprint density at radius 3 is 3.12 bits per heavy atom. The quantitative estimate of drug-likeness (QED) is 0.787. The van der Waals surface area contributed by atoms with Crippen LogP contribution in [0.1, 0.15) is 12.6 Å². The molecule has 1 N–H and O–H groups in total. The SMILES string of the molecule is CCc1cc(=O)[nH]c2nnc(SCC#N)n12. The minimum absolute atomic E-state index is 0.186. The van der Waals surface area contributed by atoms with Gasteiger partial charge in [-0.1, -0.05) is 18.7 Å². The molecule has 0 aliphatic heterocycles. The maximum atomic E-state index is 11.3. The van der Waals surface area contributed by atoms with Crippen LogP contribution in [0.2, 0.25) is 0 Å². The minimum Gasteiger partial charge on any atom is -0.291 e. The summed E-state index contributed by atoms with van der Waals surface area (Å²) in [5.74, 6) is 0.730. The van der Waals surface area contributed by atoms with Crippen molar-refractivity contribution < 1.29 is 0 Å². The Balaban J connectivity index is 2.61. The molecule has 2 rings (SSSR count). The van der Waals surface area contributed by atoms with Crippen LogP contribution in [0.4, 0.5) is 0 Å². The van der Waals surface area contributed by atoms with E-state index in [4.69, 9.17) is 5.26 Å². The van der Waals surface area contributed by atoms with Gasteiger partial charge in [0.25, 0.3) is 5.56 Å². The number of hydrogen-bond acceptors (Lipinski definition) is 5. The highest BCUT2D eigenvalue weighted by Crippen LogP contribution is 2.16. The first-order chi connectivity index (χ1) is 7.76. The number of rotatable bonds is 3. The van der Waals surface area contributed by atoms with Crippen LogP contribution in [0.5, 0.6) is 0 Å². The first-order valence-electron chi connectivity index (χ1n) is 4.73. The zero-order valence-corrected chi connectivity index (χ0v) is 9.41. The highest BCUT2D eigenvalue weighted by Gasteiger charge is 2.10. The summed E-state index contributed by atoms with van der Waals surface area (Å²) in [5.41, 5.74) is 0.651. The van der Waals surface area contributed by atoms with E-state index in [2.05, 4.69) is 15.2 Å². The molecule has 6 nitrogen and oxygen atoms in total. The minimum atomic E-state index is -0.186. The molecule has 16 heavy (non-hydrogen) atoms. The molecule has 0 fully saturated rings. The molecule has 0 aliphatic rings. The lowest BCUT2D eigenvalue weighted by molar-refractivity contribution is 0.851. The van der Waals surface area contributed by atoms with Crippen molar-refractivity contribution in [3.8, 4) is 6.07 Å². The molecule has 2 aromatic rings. The van der Waals surface area contributed by atoms with Gasteiger partial charge in [-0.15, -0.1) is 10.2 Å². The van der Waals surface area contributed by atoms with Gasteiger partial charge in [0.15, 0.2) is 5.16 Å². The molecule has 0 saturated carbocycles. The van der Waals surface area contributed by atoms with E-state index in [1.807, 2.05) is 13.0 Å². The molecule has 0 aromatic carbocycles. The van der Waals surface area contributed by atoms with Crippen molar-refractivity contribution in [3.05, 3.63) is 22.1 Å². The summed E-state index contributed by atoms with van der Waals surface area (Å²) in [6.07, 6.45) is 0.707. The van der Waals surface area contributed by atoms with Gasteiger partial charge in [-0.2, -0.15) is 5.26 Å². The van der Waals surface area contributed by atoms with Gasteiger partial charge in [0.1, 0.15) is 0 Å². The van der Waals surface area contributed by atoms with Crippen LogP contribution in [-0.2, 0) is 6.42 Å². The Kier molecular flexibility index (Phi) is 2.92. The lowest BCUT2D eigenvalue weighted by Crippen LogP contribution is -2.11. The van der Waals surface area contributed by atoms with Crippen LogP contribution in [0, 0.1) is 11.3 Å². The molecule has 2 aromatic heterocycles. The Morgan fingerprint density at radius 2 is 2.44 bits per heavy atom. The monoisotopic (exact) mass is 235 g/mol. The Bertz CT molecular complexity index is 608. The molecule has 0 bridgehead atoms. The number of aromatic nitrogens is 4. The fourth-order valence-corrected chi connectivity index (χ4v) is 2.05. The topological polar surface area (TPSA) is 86.8 Å². The lowest BCUT2D eigenvalue weighted by atomic mass is 10.3. The fraction of sp³-hybridized carbons (Fsp3) is 0.333. The summed E-state index contributed by atoms with van der Waals surface area (Å²) in [4.78, 5) is 13.9. The molecule has 0 spiro atoms. The van der Waals surface area contributed by atoms with Crippen molar-refractivity contribution in [2.45, 2.75) is 18.5 Å². The van der Waals surface area contributed by atoms with Gasteiger partial charge in [-0.25, -0.2) is 0 Å². The number of aryl methyl sites for hydroxylation is 1. The van der Waals surface area contributed by atoms with Crippen LogP contribution in [0.25, 0.3) is 5.78 Å². The number of aromatic amines is 1. The summed E-state index contributed by atoms with van der Waals surface area (Å²) in [5, 5.41) is 17.0. The summed E-state index contributed by atoms with van der Waals surface area (Å²) < 4.78 is 1.77. The van der Waals surface area contributed by atoms with Crippen molar-refractivity contribution in [2.75, 3.05) is 5.75 Å². The van der Waals surface area contributed by atoms with Gasteiger partial charge in [0, 0.05) is 11.8 Å². The van der Waals surface area contributed by atoms with Gasteiger partial charge in [0.2, 0.25) is 5.78 Å². The normalized spacial score (nSPS) is 10.5. The van der Waals surface area contributed by atoms with Crippen molar-refractivity contribution in [2.24, 2.45) is 0 Å². The molecule has 0 saturated heterocycles. The van der Waals surface area contributed by atoms with Crippen molar-refractivity contribution in [3.63, 3.8) is 0 Å². The number of fused-ring (bicyclic) bond motifs is 1. The van der Waals surface area contributed by atoms with E-state index in [1.54, 1.807) is 4.40 Å². The van der Waals surface area contributed by atoms with Crippen molar-refractivity contribution in [1.29, 1.82) is 5.26 Å². The first kappa shape index (κ1) is 10.7.